The van der Waals surface area contributed by atoms with Crippen LogP contribution in [-0.4, -0.2) is 65.8 Å². The molecule has 1 aromatic heterocycles. The molecule has 2 atom stereocenters. The van der Waals surface area contributed by atoms with Gasteiger partial charge in [-0.2, -0.15) is 0 Å². The van der Waals surface area contributed by atoms with Crippen molar-refractivity contribution in [2.45, 2.75) is 59.6 Å². The lowest BCUT2D eigenvalue weighted by Crippen LogP contribution is -2.55. The average molecular weight is 451 g/mol. The van der Waals surface area contributed by atoms with E-state index >= 15 is 0 Å². The lowest BCUT2D eigenvalue weighted by atomic mass is 10.0. The number of ether oxygens (including phenoxy) is 1. The van der Waals surface area contributed by atoms with Crippen LogP contribution in [0.1, 0.15) is 67.6 Å². The van der Waals surface area contributed by atoms with Crippen molar-refractivity contribution >= 4 is 39.8 Å². The molecule has 1 unspecified atom stereocenters. The van der Waals surface area contributed by atoms with Crippen LogP contribution >= 0.6 is 11.3 Å². The van der Waals surface area contributed by atoms with Gasteiger partial charge < -0.3 is 20.1 Å². The van der Waals surface area contributed by atoms with Crippen LogP contribution in [0.25, 0.3) is 0 Å². The number of hydrogen-bond donors (Lipinski definition) is 2. The Bertz CT molecular complexity index is 889. The predicted molar refractivity (Wildman–Crippen MR) is 120 cm³/mol. The molecular formula is C21H30N4O5S. The highest BCUT2D eigenvalue weighted by Gasteiger charge is 2.33. The molecule has 1 aliphatic heterocycles. The van der Waals surface area contributed by atoms with Crippen LogP contribution < -0.4 is 10.2 Å². The number of nitrogens with zero attached hydrogens (tertiary/aromatic N) is 3. The highest BCUT2D eigenvalue weighted by atomic mass is 32.1. The average Bonchev–Trinajstić information content (AvgIpc) is 3.19. The van der Waals surface area contributed by atoms with Crippen molar-refractivity contribution in [1.29, 1.82) is 0 Å². The minimum absolute atomic E-state index is 0.0328. The third-order valence-corrected chi connectivity index (χ3v) is 6.51. The van der Waals surface area contributed by atoms with Crippen molar-refractivity contribution in [3.63, 3.8) is 0 Å². The number of hydrogen-bond acceptors (Lipinski definition) is 8. The monoisotopic (exact) mass is 450 g/mol. The first-order chi connectivity index (χ1) is 14.6. The molecule has 0 aromatic carbocycles. The molecule has 10 heteroatoms. The van der Waals surface area contributed by atoms with Crippen LogP contribution in [-0.2, 0) is 9.53 Å². The number of ketones is 1. The molecule has 2 heterocycles. The molecule has 1 fully saturated rings. The Labute approximate surface area is 186 Å². The Morgan fingerprint density at radius 1 is 1.29 bits per heavy atom. The predicted octanol–water partition coefficient (Wildman–Crippen LogP) is 2.92. The number of allylic oxidation sites excluding steroid dienone is 2. The molecule has 1 amide bonds. The van der Waals surface area contributed by atoms with Gasteiger partial charge in [0.1, 0.15) is 16.3 Å². The van der Waals surface area contributed by atoms with Gasteiger partial charge in [0.15, 0.2) is 10.9 Å². The summed E-state index contributed by atoms with van der Waals surface area (Å²) in [5.41, 5.74) is 2.33. The maximum absolute atomic E-state index is 12.6. The maximum atomic E-state index is 12.6. The Hall–Kier alpha value is -2.59. The van der Waals surface area contributed by atoms with Crippen LogP contribution in [0, 0.1) is 0 Å². The number of Topliss-reactive ketones (excluding diaryl/α,β-unsaturated/α-hetero) is 1. The highest BCUT2D eigenvalue weighted by molar-refractivity contribution is 7.17. The summed E-state index contributed by atoms with van der Waals surface area (Å²) >= 11 is 0.974. The number of carboxylic acids is 1. The number of anilines is 1. The second kappa shape index (κ2) is 10.6. The molecule has 0 saturated carbocycles. The summed E-state index contributed by atoms with van der Waals surface area (Å²) in [6.07, 6.45) is 1.13. The molecule has 0 bridgehead atoms. The number of carboxylic acid groups (broad SMARTS) is 1. The van der Waals surface area contributed by atoms with Crippen molar-refractivity contribution in [3.05, 3.63) is 21.8 Å². The van der Waals surface area contributed by atoms with Gasteiger partial charge in [-0.05, 0) is 33.6 Å². The van der Waals surface area contributed by atoms with Gasteiger partial charge in [-0.15, -0.1) is 0 Å². The Morgan fingerprint density at radius 3 is 2.48 bits per heavy atom. The van der Waals surface area contributed by atoms with E-state index in [0.717, 1.165) is 29.0 Å². The minimum atomic E-state index is -1.17. The molecule has 170 valence electrons. The molecule has 1 aromatic rings. The molecule has 0 aliphatic carbocycles. The molecule has 9 nitrogen and oxygen atoms in total. The van der Waals surface area contributed by atoms with E-state index in [9.17, 15) is 19.5 Å². The second-order valence-electron chi connectivity index (χ2n) is 7.54. The van der Waals surface area contributed by atoms with Crippen molar-refractivity contribution in [2.75, 3.05) is 25.1 Å². The van der Waals surface area contributed by atoms with Gasteiger partial charge in [0.05, 0.1) is 12.1 Å². The van der Waals surface area contributed by atoms with Crippen LogP contribution in [0.2, 0.25) is 0 Å². The molecule has 1 saturated heterocycles. The lowest BCUT2D eigenvalue weighted by molar-refractivity contribution is -0.116. The zero-order valence-electron chi connectivity index (χ0n) is 18.8. The molecule has 31 heavy (non-hydrogen) atoms. The Morgan fingerprint density at radius 2 is 1.97 bits per heavy atom. The summed E-state index contributed by atoms with van der Waals surface area (Å²) in [4.78, 5) is 46.3. The van der Waals surface area contributed by atoms with Gasteiger partial charge in [-0.3, -0.25) is 14.6 Å². The summed E-state index contributed by atoms with van der Waals surface area (Å²) in [6.45, 7) is 9.86. The normalized spacial score (nSPS) is 20.3. The fourth-order valence-electron chi connectivity index (χ4n) is 3.25. The highest BCUT2D eigenvalue weighted by Crippen LogP contribution is 2.29. The first-order valence-corrected chi connectivity index (χ1v) is 11.0. The van der Waals surface area contributed by atoms with Crippen LogP contribution in [0.15, 0.2) is 16.3 Å². The number of thiazole rings is 1. The number of methoxy groups -OCH3 is 1. The van der Waals surface area contributed by atoms with Gasteiger partial charge in [0.2, 0.25) is 0 Å². The van der Waals surface area contributed by atoms with E-state index in [1.165, 1.54) is 6.92 Å². The minimum Gasteiger partial charge on any atom is -0.477 e. The molecule has 0 spiro atoms. The standard InChI is InChI=1S/C21H30N4O5S/c1-7-11(2)12(3)22-13(4)19(27)23-15-8-9-25(10-16(15)30-6)21-24-17(14(5)26)18(31-21)20(28)29/h15-16H,7-10H2,1-6H3,(H,23,27)(H,28,29)/b12-11+,22-13+/t15-,16?/m1/s1. The van der Waals surface area contributed by atoms with Crippen molar-refractivity contribution in [3.8, 4) is 0 Å². The fraction of sp³-hybridized carbons (Fsp3) is 0.571. The second-order valence-corrected chi connectivity index (χ2v) is 8.52. The molecule has 0 radical (unpaired) electrons. The largest absolute Gasteiger partial charge is 0.477 e. The summed E-state index contributed by atoms with van der Waals surface area (Å²) < 4.78 is 5.59. The van der Waals surface area contributed by atoms with Gasteiger partial charge in [0, 0.05) is 32.8 Å². The van der Waals surface area contributed by atoms with E-state index in [2.05, 4.69) is 15.3 Å². The summed E-state index contributed by atoms with van der Waals surface area (Å²) in [7, 11) is 1.57. The first-order valence-electron chi connectivity index (χ1n) is 10.1. The number of aromatic nitrogens is 1. The number of nitrogens with one attached hydrogen (secondary N) is 1. The summed E-state index contributed by atoms with van der Waals surface area (Å²) in [5, 5.41) is 12.8. The third kappa shape index (κ3) is 5.98. The molecule has 2 N–H and O–H groups in total. The zero-order valence-corrected chi connectivity index (χ0v) is 19.6. The van der Waals surface area contributed by atoms with Gasteiger partial charge in [-0.1, -0.05) is 23.8 Å². The zero-order chi connectivity index (χ0) is 23.3. The van der Waals surface area contributed by atoms with Crippen LogP contribution in [0.4, 0.5) is 5.13 Å². The third-order valence-electron chi connectivity index (χ3n) is 5.40. The molecular weight excluding hydrogens is 420 g/mol. The maximum Gasteiger partial charge on any atom is 0.348 e. The number of piperidine rings is 1. The van der Waals surface area contributed by atoms with Crippen molar-refractivity contribution < 1.29 is 24.2 Å². The van der Waals surface area contributed by atoms with Gasteiger partial charge in [0.25, 0.3) is 5.91 Å². The van der Waals surface area contributed by atoms with E-state index in [4.69, 9.17) is 4.74 Å². The Kier molecular flexibility index (Phi) is 8.46. The summed E-state index contributed by atoms with van der Waals surface area (Å²) in [6, 6.07) is -0.221. The number of rotatable bonds is 8. The fourth-order valence-corrected chi connectivity index (χ4v) is 4.24. The quantitative estimate of drug-likeness (QED) is 0.461. The van der Waals surface area contributed by atoms with E-state index in [1.54, 1.807) is 14.0 Å². The number of carbonyl (C=O) groups is 3. The van der Waals surface area contributed by atoms with E-state index in [-0.39, 0.29) is 34.4 Å². The van der Waals surface area contributed by atoms with Crippen LogP contribution in [0.5, 0.6) is 0 Å². The van der Waals surface area contributed by atoms with Crippen molar-refractivity contribution in [2.24, 2.45) is 4.99 Å². The van der Waals surface area contributed by atoms with E-state index < -0.39 is 5.97 Å². The van der Waals surface area contributed by atoms with E-state index in [1.807, 2.05) is 25.7 Å². The van der Waals surface area contributed by atoms with Crippen LogP contribution in [0.3, 0.4) is 0 Å². The van der Waals surface area contributed by atoms with E-state index in [0.29, 0.717) is 30.4 Å². The SMILES string of the molecule is CC/C(C)=C(C)/N=C(\C)C(=O)N[C@@H]1CCN(c2nc(C(C)=O)c(C(=O)O)s2)CC1OC. The van der Waals surface area contributed by atoms with Gasteiger partial charge in [-0.25, -0.2) is 9.78 Å². The van der Waals surface area contributed by atoms with Gasteiger partial charge >= 0.3 is 5.97 Å². The smallest absolute Gasteiger partial charge is 0.348 e. The number of carbonyl (C=O) groups excluding carboxylic acids is 2. The number of amides is 1. The number of aromatic carboxylic acids is 1. The lowest BCUT2D eigenvalue weighted by Gasteiger charge is -2.37. The number of aliphatic imine (C=N–C) groups is 1. The molecule has 2 rings (SSSR count). The summed E-state index contributed by atoms with van der Waals surface area (Å²) in [5.74, 6) is -1.80. The first kappa shape index (κ1) is 24.7. The topological polar surface area (TPSA) is 121 Å². The Balaban J connectivity index is 2.12. The molecule has 1 aliphatic rings. The van der Waals surface area contributed by atoms with Crippen molar-refractivity contribution in [1.82, 2.24) is 10.3 Å².